The van der Waals surface area contributed by atoms with E-state index in [1.807, 2.05) is 12.1 Å². The lowest BCUT2D eigenvalue weighted by molar-refractivity contribution is -0.117. The minimum atomic E-state index is -0.906. The second-order valence-corrected chi connectivity index (χ2v) is 9.62. The van der Waals surface area contributed by atoms with E-state index in [2.05, 4.69) is 11.5 Å². The molecule has 0 bridgehead atoms. The quantitative estimate of drug-likeness (QED) is 0.539. The standard InChI is InChI=1S/C26H35NO3/c1-18-15-23(28)16-20-9-10-21(26(29)30)17-24(20)25(18)19-11-13-27(14-12-19)22-7-5-3-2-4-6-8-22/h9-10,17,19,22,25H,1-8,11-16H2,(H,29,30). The van der Waals surface area contributed by atoms with Gasteiger partial charge < -0.3 is 10.0 Å². The molecule has 0 radical (unpaired) electrons. The Morgan fingerprint density at radius 3 is 2.30 bits per heavy atom. The number of likely N-dealkylation sites (tertiary alicyclic amines) is 1. The number of nitrogens with zero attached hydrogens (tertiary/aromatic N) is 1. The summed E-state index contributed by atoms with van der Waals surface area (Å²) in [5.41, 5.74) is 3.32. The molecule has 1 heterocycles. The van der Waals surface area contributed by atoms with Gasteiger partial charge in [0.15, 0.2) is 0 Å². The fourth-order valence-corrected chi connectivity index (χ4v) is 6.04. The summed E-state index contributed by atoms with van der Waals surface area (Å²) in [4.78, 5) is 26.7. The summed E-state index contributed by atoms with van der Waals surface area (Å²) in [6.07, 6.45) is 12.6. The molecule has 4 heteroatoms. The van der Waals surface area contributed by atoms with Crippen molar-refractivity contribution < 1.29 is 14.7 Å². The molecule has 0 spiro atoms. The van der Waals surface area contributed by atoms with Gasteiger partial charge in [0, 0.05) is 24.8 Å². The molecule has 30 heavy (non-hydrogen) atoms. The maximum atomic E-state index is 12.4. The van der Waals surface area contributed by atoms with Gasteiger partial charge in [0.2, 0.25) is 0 Å². The van der Waals surface area contributed by atoms with Gasteiger partial charge in [0.05, 0.1) is 5.56 Å². The van der Waals surface area contributed by atoms with Crippen LogP contribution in [0.4, 0.5) is 0 Å². The number of fused-ring (bicyclic) bond motifs is 1. The van der Waals surface area contributed by atoms with Gasteiger partial charge in [-0.15, -0.1) is 0 Å². The van der Waals surface area contributed by atoms with E-state index in [0.29, 0.717) is 24.3 Å². The number of carbonyl (C=O) groups is 2. The van der Waals surface area contributed by atoms with Crippen LogP contribution in [0.3, 0.4) is 0 Å². The first-order valence-corrected chi connectivity index (χ1v) is 11.8. The number of hydrogen-bond acceptors (Lipinski definition) is 3. The zero-order valence-electron chi connectivity index (χ0n) is 18.1. The molecule has 0 aromatic heterocycles. The number of allylic oxidation sites excluding steroid dienone is 1. The van der Waals surface area contributed by atoms with Crippen LogP contribution in [0.15, 0.2) is 30.4 Å². The van der Waals surface area contributed by atoms with Crippen LogP contribution in [-0.4, -0.2) is 40.9 Å². The normalized spacial score (nSPS) is 25.3. The fourth-order valence-electron chi connectivity index (χ4n) is 6.04. The number of carboxylic acid groups (broad SMARTS) is 1. The zero-order valence-corrected chi connectivity index (χ0v) is 18.1. The molecule has 3 aliphatic rings. The van der Waals surface area contributed by atoms with Crippen LogP contribution in [0.1, 0.15) is 91.6 Å². The van der Waals surface area contributed by atoms with Crippen LogP contribution in [-0.2, 0) is 11.2 Å². The first kappa shape index (κ1) is 21.3. The molecular weight excluding hydrogens is 374 g/mol. The summed E-state index contributed by atoms with van der Waals surface area (Å²) in [6.45, 7) is 6.53. The number of carbonyl (C=O) groups excluding carboxylic acids is 1. The molecular formula is C26H35NO3. The second-order valence-electron chi connectivity index (χ2n) is 9.62. The first-order valence-electron chi connectivity index (χ1n) is 11.8. The number of aromatic carboxylic acids is 1. The van der Waals surface area contributed by atoms with Gasteiger partial charge in [-0.05, 0) is 68.0 Å². The predicted molar refractivity (Wildman–Crippen MR) is 119 cm³/mol. The van der Waals surface area contributed by atoms with E-state index in [9.17, 15) is 14.7 Å². The van der Waals surface area contributed by atoms with Crippen molar-refractivity contribution in [1.82, 2.24) is 4.90 Å². The van der Waals surface area contributed by atoms with E-state index < -0.39 is 5.97 Å². The average molecular weight is 410 g/mol. The first-order chi connectivity index (χ1) is 14.5. The summed E-state index contributed by atoms with van der Waals surface area (Å²) < 4.78 is 0. The number of rotatable bonds is 3. The van der Waals surface area contributed by atoms with Crippen LogP contribution in [0.25, 0.3) is 0 Å². The average Bonchev–Trinajstić information content (AvgIpc) is 2.81. The summed E-state index contributed by atoms with van der Waals surface area (Å²) >= 11 is 0. The molecule has 2 aliphatic carbocycles. The Morgan fingerprint density at radius 2 is 1.63 bits per heavy atom. The van der Waals surface area contributed by atoms with Crippen LogP contribution < -0.4 is 0 Å². The Balaban J connectivity index is 1.52. The van der Waals surface area contributed by atoms with Crippen LogP contribution in [0.5, 0.6) is 0 Å². The van der Waals surface area contributed by atoms with Crippen molar-refractivity contribution >= 4 is 11.8 Å². The molecule has 1 N–H and O–H groups in total. The molecule has 1 aromatic rings. The minimum Gasteiger partial charge on any atom is -0.478 e. The molecule has 2 fully saturated rings. The number of ketones is 1. The Morgan fingerprint density at radius 1 is 0.967 bits per heavy atom. The van der Waals surface area contributed by atoms with E-state index in [4.69, 9.17) is 0 Å². The van der Waals surface area contributed by atoms with Crippen LogP contribution in [0, 0.1) is 5.92 Å². The van der Waals surface area contributed by atoms with Gasteiger partial charge in [-0.2, -0.15) is 0 Å². The van der Waals surface area contributed by atoms with Crippen molar-refractivity contribution in [3.63, 3.8) is 0 Å². The number of Topliss-reactive ketones (excluding diaryl/α,β-unsaturated/α-hetero) is 1. The molecule has 0 amide bonds. The fraction of sp³-hybridized carbons (Fsp3) is 0.615. The molecule has 1 unspecified atom stereocenters. The highest BCUT2D eigenvalue weighted by atomic mass is 16.4. The Bertz CT molecular complexity index is 798. The SMILES string of the molecule is C=C1CC(=O)Cc2ccc(C(=O)O)cc2C1C1CCN(C2CCCCCCC2)CC1. The number of piperidine rings is 1. The second kappa shape index (κ2) is 9.47. The predicted octanol–water partition coefficient (Wildman–Crippen LogP) is 5.36. The molecule has 1 saturated carbocycles. The van der Waals surface area contributed by atoms with Crippen molar-refractivity contribution in [3.8, 4) is 0 Å². The summed E-state index contributed by atoms with van der Waals surface area (Å²) in [7, 11) is 0. The van der Waals surface area contributed by atoms with Gasteiger partial charge in [0.1, 0.15) is 5.78 Å². The summed E-state index contributed by atoms with van der Waals surface area (Å²) in [6, 6.07) is 6.03. The van der Waals surface area contributed by atoms with Gasteiger partial charge in [0.25, 0.3) is 0 Å². The van der Waals surface area contributed by atoms with Gasteiger partial charge in [-0.25, -0.2) is 4.79 Å². The number of benzene rings is 1. The monoisotopic (exact) mass is 409 g/mol. The molecule has 1 aromatic carbocycles. The maximum absolute atomic E-state index is 12.4. The van der Waals surface area contributed by atoms with Gasteiger partial charge >= 0.3 is 5.97 Å². The summed E-state index contributed by atoms with van der Waals surface area (Å²) in [5, 5.41) is 9.50. The van der Waals surface area contributed by atoms with Gasteiger partial charge in [-0.3, -0.25) is 4.79 Å². The number of carboxylic acids is 1. The largest absolute Gasteiger partial charge is 0.478 e. The van der Waals surface area contributed by atoms with E-state index in [-0.39, 0.29) is 11.7 Å². The zero-order chi connectivity index (χ0) is 21.1. The van der Waals surface area contributed by atoms with Crippen molar-refractivity contribution in [2.24, 2.45) is 5.92 Å². The molecule has 1 atom stereocenters. The lowest BCUT2D eigenvalue weighted by atomic mass is 9.74. The molecule has 1 saturated heterocycles. The highest BCUT2D eigenvalue weighted by Gasteiger charge is 2.35. The highest BCUT2D eigenvalue weighted by Crippen LogP contribution is 2.43. The number of hydrogen-bond donors (Lipinski definition) is 1. The molecule has 1 aliphatic heterocycles. The Hall–Kier alpha value is -1.94. The van der Waals surface area contributed by atoms with Crippen molar-refractivity contribution in [3.05, 3.63) is 47.0 Å². The molecule has 162 valence electrons. The minimum absolute atomic E-state index is 0.102. The van der Waals surface area contributed by atoms with Crippen molar-refractivity contribution in [2.45, 2.75) is 82.6 Å². The molecule has 4 nitrogen and oxygen atoms in total. The van der Waals surface area contributed by atoms with E-state index >= 15 is 0 Å². The van der Waals surface area contributed by atoms with Crippen molar-refractivity contribution in [1.29, 1.82) is 0 Å². The maximum Gasteiger partial charge on any atom is 0.335 e. The van der Waals surface area contributed by atoms with Gasteiger partial charge in [-0.1, -0.05) is 50.3 Å². The third-order valence-corrected chi connectivity index (χ3v) is 7.62. The Labute approximate surface area is 180 Å². The lowest BCUT2D eigenvalue weighted by Crippen LogP contribution is -2.42. The van der Waals surface area contributed by atoms with E-state index in [1.54, 1.807) is 6.07 Å². The highest BCUT2D eigenvalue weighted by molar-refractivity contribution is 5.89. The third-order valence-electron chi connectivity index (χ3n) is 7.62. The summed E-state index contributed by atoms with van der Waals surface area (Å²) in [5.74, 6) is -0.170. The Kier molecular flexibility index (Phi) is 6.72. The lowest BCUT2D eigenvalue weighted by Gasteiger charge is -2.41. The van der Waals surface area contributed by atoms with Crippen molar-refractivity contribution in [2.75, 3.05) is 13.1 Å². The topological polar surface area (TPSA) is 57.6 Å². The van der Waals surface area contributed by atoms with E-state index in [0.717, 1.165) is 48.7 Å². The van der Waals surface area contributed by atoms with Crippen LogP contribution >= 0.6 is 0 Å². The molecule has 4 rings (SSSR count). The third kappa shape index (κ3) is 4.69. The smallest absolute Gasteiger partial charge is 0.335 e. The van der Waals surface area contributed by atoms with Crippen LogP contribution in [0.2, 0.25) is 0 Å². The van der Waals surface area contributed by atoms with E-state index in [1.165, 1.54) is 44.9 Å².